The third-order valence-corrected chi connectivity index (χ3v) is 5.37. The SMILES string of the molecule is Cc1nc(-c2cccc(Cl)c2)sc1C(=O)Nc1cccc(Oc2cnccn2)c1. The number of hydrogen-bond acceptors (Lipinski definition) is 6. The van der Waals surface area contributed by atoms with E-state index in [0.29, 0.717) is 32.9 Å². The normalized spacial score (nSPS) is 10.6. The lowest BCUT2D eigenvalue weighted by Gasteiger charge is -2.07. The van der Waals surface area contributed by atoms with Gasteiger partial charge in [0.2, 0.25) is 5.88 Å². The predicted molar refractivity (Wildman–Crippen MR) is 114 cm³/mol. The van der Waals surface area contributed by atoms with E-state index in [9.17, 15) is 4.79 Å². The quantitative estimate of drug-likeness (QED) is 0.452. The van der Waals surface area contributed by atoms with Gasteiger partial charge in [-0.2, -0.15) is 0 Å². The maximum Gasteiger partial charge on any atom is 0.267 e. The maximum absolute atomic E-state index is 12.8. The Hall–Kier alpha value is -3.29. The van der Waals surface area contributed by atoms with Crippen LogP contribution in [0.25, 0.3) is 10.6 Å². The molecule has 6 nitrogen and oxygen atoms in total. The molecule has 0 radical (unpaired) electrons. The number of benzene rings is 2. The van der Waals surface area contributed by atoms with Crippen LogP contribution in [0.4, 0.5) is 5.69 Å². The molecule has 144 valence electrons. The highest BCUT2D eigenvalue weighted by Gasteiger charge is 2.17. The first-order valence-electron chi connectivity index (χ1n) is 8.67. The van der Waals surface area contributed by atoms with E-state index in [0.717, 1.165) is 10.6 Å². The smallest absolute Gasteiger partial charge is 0.267 e. The molecule has 0 aliphatic heterocycles. The molecule has 0 saturated heterocycles. The molecule has 0 bridgehead atoms. The molecule has 0 aliphatic rings. The minimum atomic E-state index is -0.232. The van der Waals surface area contributed by atoms with Crippen molar-refractivity contribution in [2.45, 2.75) is 6.92 Å². The summed E-state index contributed by atoms with van der Waals surface area (Å²) in [6, 6.07) is 14.5. The Bertz CT molecular complexity index is 1160. The molecule has 4 aromatic rings. The number of nitrogens with one attached hydrogen (secondary N) is 1. The standard InChI is InChI=1S/C21H15ClN4O2S/c1-13-19(29-21(25-13)14-4-2-5-15(22)10-14)20(27)26-16-6-3-7-17(11-16)28-18-12-23-8-9-24-18/h2-12H,1H3,(H,26,27). The molecule has 1 N–H and O–H groups in total. The number of ether oxygens (including phenoxy) is 1. The molecule has 8 heteroatoms. The highest BCUT2D eigenvalue weighted by atomic mass is 35.5. The van der Waals surface area contributed by atoms with Crippen LogP contribution in [0.2, 0.25) is 5.02 Å². The van der Waals surface area contributed by atoms with Gasteiger partial charge >= 0.3 is 0 Å². The number of carbonyl (C=O) groups is 1. The minimum Gasteiger partial charge on any atom is -0.437 e. The van der Waals surface area contributed by atoms with E-state index in [1.165, 1.54) is 17.5 Å². The van der Waals surface area contributed by atoms with E-state index in [1.54, 1.807) is 42.7 Å². The number of thiazole rings is 1. The zero-order valence-corrected chi connectivity index (χ0v) is 16.9. The highest BCUT2D eigenvalue weighted by Crippen LogP contribution is 2.30. The summed E-state index contributed by atoms with van der Waals surface area (Å²) in [6.07, 6.45) is 4.63. The zero-order chi connectivity index (χ0) is 20.2. The van der Waals surface area contributed by atoms with Crippen molar-refractivity contribution in [3.05, 3.63) is 82.7 Å². The third kappa shape index (κ3) is 4.59. The molecule has 1 amide bonds. The molecule has 0 unspecified atom stereocenters. The fourth-order valence-corrected chi connectivity index (χ4v) is 3.78. The van der Waals surface area contributed by atoms with Crippen molar-refractivity contribution in [1.82, 2.24) is 15.0 Å². The van der Waals surface area contributed by atoms with Gasteiger partial charge < -0.3 is 10.1 Å². The fourth-order valence-electron chi connectivity index (χ4n) is 2.64. The van der Waals surface area contributed by atoms with Crippen LogP contribution >= 0.6 is 22.9 Å². The van der Waals surface area contributed by atoms with Crippen molar-refractivity contribution in [1.29, 1.82) is 0 Å². The Morgan fingerprint density at radius 1 is 1.14 bits per heavy atom. The van der Waals surface area contributed by atoms with E-state index in [4.69, 9.17) is 16.3 Å². The number of aryl methyl sites for hydroxylation is 1. The Morgan fingerprint density at radius 2 is 2.00 bits per heavy atom. The Kier molecular flexibility index (Phi) is 5.50. The van der Waals surface area contributed by atoms with Gasteiger partial charge in [-0.25, -0.2) is 9.97 Å². The third-order valence-electron chi connectivity index (χ3n) is 3.93. The average molecular weight is 423 g/mol. The molecule has 29 heavy (non-hydrogen) atoms. The summed E-state index contributed by atoms with van der Waals surface area (Å²) in [7, 11) is 0. The number of hydrogen-bond donors (Lipinski definition) is 1. The summed E-state index contributed by atoms with van der Waals surface area (Å²) in [5, 5.41) is 4.26. The molecule has 0 aliphatic carbocycles. The number of rotatable bonds is 5. The molecule has 0 spiro atoms. The van der Waals surface area contributed by atoms with Crippen LogP contribution in [0.1, 0.15) is 15.4 Å². The molecular weight excluding hydrogens is 408 g/mol. The first-order valence-corrected chi connectivity index (χ1v) is 9.86. The van der Waals surface area contributed by atoms with E-state index < -0.39 is 0 Å². The Morgan fingerprint density at radius 3 is 2.79 bits per heavy atom. The van der Waals surface area contributed by atoms with E-state index in [1.807, 2.05) is 25.1 Å². The van der Waals surface area contributed by atoms with Crippen LogP contribution in [-0.2, 0) is 0 Å². The second-order valence-corrected chi connectivity index (χ2v) is 7.51. The zero-order valence-electron chi connectivity index (χ0n) is 15.3. The van der Waals surface area contributed by atoms with Crippen LogP contribution in [-0.4, -0.2) is 20.9 Å². The molecule has 2 heterocycles. The first kappa shape index (κ1) is 19.0. The maximum atomic E-state index is 12.8. The summed E-state index contributed by atoms with van der Waals surface area (Å²) in [6.45, 7) is 1.81. The molecule has 0 fully saturated rings. The van der Waals surface area contributed by atoms with Gasteiger partial charge in [-0.15, -0.1) is 11.3 Å². The van der Waals surface area contributed by atoms with Crippen LogP contribution in [0.15, 0.2) is 67.1 Å². The van der Waals surface area contributed by atoms with Gasteiger partial charge in [0, 0.05) is 34.7 Å². The molecule has 2 aromatic heterocycles. The Labute approximate surface area is 176 Å². The number of halogens is 1. The molecule has 0 atom stereocenters. The highest BCUT2D eigenvalue weighted by molar-refractivity contribution is 7.17. The summed E-state index contributed by atoms with van der Waals surface area (Å²) < 4.78 is 5.66. The second-order valence-electron chi connectivity index (χ2n) is 6.07. The van der Waals surface area contributed by atoms with E-state index in [-0.39, 0.29) is 5.91 Å². The molecule has 0 saturated carbocycles. The lowest BCUT2D eigenvalue weighted by molar-refractivity contribution is 0.103. The van der Waals surface area contributed by atoms with E-state index >= 15 is 0 Å². The number of nitrogens with zero attached hydrogens (tertiary/aromatic N) is 3. The number of aromatic nitrogens is 3. The van der Waals surface area contributed by atoms with Crippen LogP contribution in [0, 0.1) is 6.92 Å². The van der Waals surface area contributed by atoms with Gasteiger partial charge in [-0.05, 0) is 31.2 Å². The number of anilines is 1. The summed E-state index contributed by atoms with van der Waals surface area (Å²) in [5.41, 5.74) is 2.15. The summed E-state index contributed by atoms with van der Waals surface area (Å²) in [4.78, 5) is 25.9. The van der Waals surface area contributed by atoms with Gasteiger partial charge in [0.25, 0.3) is 5.91 Å². The van der Waals surface area contributed by atoms with Crippen molar-refractivity contribution < 1.29 is 9.53 Å². The summed E-state index contributed by atoms with van der Waals surface area (Å²) in [5.74, 6) is 0.689. The predicted octanol–water partition coefficient (Wildman–Crippen LogP) is 5.61. The lowest BCUT2D eigenvalue weighted by atomic mass is 10.2. The van der Waals surface area contributed by atoms with Crippen LogP contribution in [0.3, 0.4) is 0 Å². The lowest BCUT2D eigenvalue weighted by Crippen LogP contribution is -2.11. The number of amides is 1. The van der Waals surface area contributed by atoms with Crippen molar-refractivity contribution in [3.8, 4) is 22.2 Å². The van der Waals surface area contributed by atoms with E-state index in [2.05, 4.69) is 20.3 Å². The number of carbonyl (C=O) groups excluding carboxylic acids is 1. The topological polar surface area (TPSA) is 77.0 Å². The van der Waals surface area contributed by atoms with Gasteiger partial charge in [-0.1, -0.05) is 29.8 Å². The molecular formula is C21H15ClN4O2S. The molecule has 4 rings (SSSR count). The van der Waals surface area contributed by atoms with Gasteiger partial charge in [-0.3, -0.25) is 9.78 Å². The van der Waals surface area contributed by atoms with Gasteiger partial charge in [0.05, 0.1) is 11.9 Å². The first-order chi connectivity index (χ1) is 14.1. The Balaban J connectivity index is 1.52. The van der Waals surface area contributed by atoms with Crippen LogP contribution in [0.5, 0.6) is 11.6 Å². The van der Waals surface area contributed by atoms with Crippen molar-refractivity contribution in [2.75, 3.05) is 5.32 Å². The molecule has 2 aromatic carbocycles. The second kappa shape index (κ2) is 8.38. The minimum absolute atomic E-state index is 0.232. The van der Waals surface area contributed by atoms with Crippen molar-refractivity contribution in [2.24, 2.45) is 0 Å². The summed E-state index contributed by atoms with van der Waals surface area (Å²) >= 11 is 7.39. The van der Waals surface area contributed by atoms with Gasteiger partial charge in [0.15, 0.2) is 0 Å². The monoisotopic (exact) mass is 422 g/mol. The van der Waals surface area contributed by atoms with Crippen molar-refractivity contribution in [3.63, 3.8) is 0 Å². The van der Waals surface area contributed by atoms with Gasteiger partial charge in [0.1, 0.15) is 15.6 Å². The van der Waals surface area contributed by atoms with Crippen LogP contribution < -0.4 is 10.1 Å². The largest absolute Gasteiger partial charge is 0.437 e. The average Bonchev–Trinajstić information content (AvgIpc) is 3.11. The van der Waals surface area contributed by atoms with Crippen molar-refractivity contribution >= 4 is 34.5 Å². The fraction of sp³-hybridized carbons (Fsp3) is 0.0476.